The summed E-state index contributed by atoms with van der Waals surface area (Å²) in [6.45, 7) is 0. The molecule has 82 valence electrons. The van der Waals surface area contributed by atoms with Gasteiger partial charge in [-0.25, -0.2) is 0 Å². The summed E-state index contributed by atoms with van der Waals surface area (Å²) in [6.07, 6.45) is 3.65. The van der Waals surface area contributed by atoms with Crippen LogP contribution in [0.5, 0.6) is 0 Å². The van der Waals surface area contributed by atoms with Gasteiger partial charge in [0.15, 0.2) is 0 Å². The topological polar surface area (TPSA) is 61.0 Å². The zero-order valence-corrected chi connectivity index (χ0v) is 9.35. The van der Waals surface area contributed by atoms with Crippen LogP contribution in [-0.2, 0) is 7.05 Å². The van der Waals surface area contributed by atoms with Gasteiger partial charge in [0.1, 0.15) is 0 Å². The highest BCUT2D eigenvalue weighted by atomic mass is 32.2. The Kier molecular flexibility index (Phi) is 2.91. The second-order valence-corrected chi connectivity index (χ2v) is 4.35. The van der Waals surface area contributed by atoms with Crippen molar-refractivity contribution in [1.29, 1.82) is 0 Å². The van der Waals surface area contributed by atoms with Gasteiger partial charge < -0.3 is 0 Å². The van der Waals surface area contributed by atoms with Gasteiger partial charge in [-0.1, -0.05) is 11.8 Å². The molecule has 0 amide bonds. The van der Waals surface area contributed by atoms with Crippen LogP contribution >= 0.6 is 11.8 Å². The van der Waals surface area contributed by atoms with Gasteiger partial charge in [-0.3, -0.25) is 14.8 Å². The van der Waals surface area contributed by atoms with E-state index in [9.17, 15) is 10.1 Å². The van der Waals surface area contributed by atoms with E-state index >= 15 is 0 Å². The molecule has 5 nitrogen and oxygen atoms in total. The first kappa shape index (κ1) is 10.7. The molecule has 0 aliphatic carbocycles. The van der Waals surface area contributed by atoms with Gasteiger partial charge in [0, 0.05) is 30.3 Å². The maximum Gasteiger partial charge on any atom is 0.269 e. The molecule has 0 fully saturated rings. The fourth-order valence-corrected chi connectivity index (χ4v) is 2.07. The first-order valence-corrected chi connectivity index (χ1v) is 5.38. The first-order chi connectivity index (χ1) is 7.65. The van der Waals surface area contributed by atoms with E-state index in [4.69, 9.17) is 0 Å². The normalized spacial score (nSPS) is 10.3. The molecule has 6 heteroatoms. The third kappa shape index (κ3) is 2.40. The van der Waals surface area contributed by atoms with Crippen molar-refractivity contribution in [1.82, 2.24) is 9.78 Å². The van der Waals surface area contributed by atoms with E-state index in [1.54, 1.807) is 23.0 Å². The lowest BCUT2D eigenvalue weighted by Gasteiger charge is -1.97. The standard InChI is InChI=1S/C10H9N3O2S/c1-12-7-10(6-11-12)16-9-4-2-8(3-5-9)13(14)15/h2-7H,1H3. The van der Waals surface area contributed by atoms with Crippen LogP contribution in [0.4, 0.5) is 5.69 Å². The average molecular weight is 235 g/mol. The molecule has 0 aliphatic rings. The smallest absolute Gasteiger partial charge is 0.269 e. The molecule has 2 rings (SSSR count). The Hall–Kier alpha value is -1.82. The van der Waals surface area contributed by atoms with Crippen LogP contribution in [0.3, 0.4) is 0 Å². The van der Waals surface area contributed by atoms with E-state index in [0.717, 1.165) is 9.79 Å². The molecule has 0 unspecified atom stereocenters. The molecule has 0 aliphatic heterocycles. The Balaban J connectivity index is 2.14. The van der Waals surface area contributed by atoms with Gasteiger partial charge in [-0.2, -0.15) is 5.10 Å². The van der Waals surface area contributed by atoms with Crippen LogP contribution in [0.2, 0.25) is 0 Å². The van der Waals surface area contributed by atoms with Gasteiger partial charge in [0.25, 0.3) is 5.69 Å². The van der Waals surface area contributed by atoms with Gasteiger partial charge in [0.05, 0.1) is 16.0 Å². The summed E-state index contributed by atoms with van der Waals surface area (Å²) in [5.41, 5.74) is 0.107. The quantitative estimate of drug-likeness (QED) is 0.605. The number of nitro groups is 1. The first-order valence-electron chi connectivity index (χ1n) is 4.56. The summed E-state index contributed by atoms with van der Waals surface area (Å²) < 4.78 is 1.72. The molecule has 0 radical (unpaired) electrons. The van der Waals surface area contributed by atoms with Crippen molar-refractivity contribution >= 4 is 17.4 Å². The Bertz CT molecular complexity index is 507. The molecule has 16 heavy (non-hydrogen) atoms. The summed E-state index contributed by atoms with van der Waals surface area (Å²) in [4.78, 5) is 12.0. The predicted octanol–water partition coefficient (Wildman–Crippen LogP) is 2.48. The van der Waals surface area contributed by atoms with Gasteiger partial charge >= 0.3 is 0 Å². The molecule has 1 aromatic heterocycles. The Morgan fingerprint density at radius 2 is 2.00 bits per heavy atom. The number of nitrogens with zero attached hydrogens (tertiary/aromatic N) is 3. The minimum atomic E-state index is -0.404. The SMILES string of the molecule is Cn1cc(Sc2ccc([N+](=O)[O-])cc2)cn1. The lowest BCUT2D eigenvalue weighted by Crippen LogP contribution is -1.86. The molecule has 1 heterocycles. The molecule has 1 aromatic carbocycles. The van der Waals surface area contributed by atoms with Crippen LogP contribution < -0.4 is 0 Å². The highest BCUT2D eigenvalue weighted by molar-refractivity contribution is 7.99. The van der Waals surface area contributed by atoms with Crippen molar-refractivity contribution < 1.29 is 4.92 Å². The van der Waals surface area contributed by atoms with Crippen molar-refractivity contribution in [3.63, 3.8) is 0 Å². The average Bonchev–Trinajstić information content (AvgIpc) is 2.65. The zero-order valence-electron chi connectivity index (χ0n) is 8.53. The Morgan fingerprint density at radius 1 is 1.31 bits per heavy atom. The number of nitro benzene ring substituents is 1. The molecule has 0 saturated carbocycles. The Morgan fingerprint density at radius 3 is 2.50 bits per heavy atom. The van der Waals surface area contributed by atoms with E-state index in [-0.39, 0.29) is 5.69 Å². The van der Waals surface area contributed by atoms with Crippen molar-refractivity contribution in [3.8, 4) is 0 Å². The molecule has 2 aromatic rings. The van der Waals surface area contributed by atoms with Gasteiger partial charge in [0.2, 0.25) is 0 Å². The monoisotopic (exact) mass is 235 g/mol. The summed E-state index contributed by atoms with van der Waals surface area (Å²) >= 11 is 1.52. The van der Waals surface area contributed by atoms with E-state index in [0.29, 0.717) is 0 Å². The van der Waals surface area contributed by atoms with Crippen LogP contribution in [0.1, 0.15) is 0 Å². The second-order valence-electron chi connectivity index (χ2n) is 3.20. The molecule has 0 atom stereocenters. The van der Waals surface area contributed by atoms with E-state index in [1.165, 1.54) is 23.9 Å². The van der Waals surface area contributed by atoms with E-state index in [1.807, 2.05) is 13.2 Å². The maximum absolute atomic E-state index is 10.5. The zero-order chi connectivity index (χ0) is 11.5. The highest BCUT2D eigenvalue weighted by Gasteiger charge is 2.05. The van der Waals surface area contributed by atoms with Crippen LogP contribution in [0, 0.1) is 10.1 Å². The van der Waals surface area contributed by atoms with Crippen molar-refractivity contribution in [2.75, 3.05) is 0 Å². The minimum absolute atomic E-state index is 0.107. The molecule has 0 spiro atoms. The maximum atomic E-state index is 10.5. The Labute approximate surface area is 96.2 Å². The summed E-state index contributed by atoms with van der Waals surface area (Å²) in [5, 5.41) is 14.5. The number of aromatic nitrogens is 2. The van der Waals surface area contributed by atoms with Gasteiger partial charge in [-0.15, -0.1) is 0 Å². The molecule has 0 N–H and O–H groups in total. The largest absolute Gasteiger partial charge is 0.275 e. The fraction of sp³-hybridized carbons (Fsp3) is 0.100. The minimum Gasteiger partial charge on any atom is -0.275 e. The predicted molar refractivity (Wildman–Crippen MR) is 60.4 cm³/mol. The lowest BCUT2D eigenvalue weighted by atomic mass is 10.3. The van der Waals surface area contributed by atoms with Gasteiger partial charge in [-0.05, 0) is 12.1 Å². The van der Waals surface area contributed by atoms with Crippen LogP contribution in [-0.4, -0.2) is 14.7 Å². The van der Waals surface area contributed by atoms with Crippen LogP contribution in [0.25, 0.3) is 0 Å². The number of hydrogen-bond donors (Lipinski definition) is 0. The molecule has 0 bridgehead atoms. The highest BCUT2D eigenvalue weighted by Crippen LogP contribution is 2.28. The third-order valence-electron chi connectivity index (χ3n) is 1.96. The lowest BCUT2D eigenvalue weighted by molar-refractivity contribution is -0.384. The van der Waals surface area contributed by atoms with Crippen LogP contribution in [0.15, 0.2) is 46.5 Å². The molecular weight excluding hydrogens is 226 g/mol. The van der Waals surface area contributed by atoms with E-state index in [2.05, 4.69) is 5.10 Å². The molecule has 0 saturated heterocycles. The third-order valence-corrected chi connectivity index (χ3v) is 2.92. The van der Waals surface area contributed by atoms with Crippen molar-refractivity contribution in [2.24, 2.45) is 7.05 Å². The number of hydrogen-bond acceptors (Lipinski definition) is 4. The second kappa shape index (κ2) is 4.36. The number of benzene rings is 1. The van der Waals surface area contributed by atoms with Crippen molar-refractivity contribution in [3.05, 3.63) is 46.8 Å². The molecular formula is C10H9N3O2S. The number of aryl methyl sites for hydroxylation is 1. The summed E-state index contributed by atoms with van der Waals surface area (Å²) in [5.74, 6) is 0. The fourth-order valence-electron chi connectivity index (χ4n) is 1.22. The summed E-state index contributed by atoms with van der Waals surface area (Å²) in [6, 6.07) is 6.46. The number of rotatable bonds is 3. The number of non-ortho nitro benzene ring substituents is 1. The summed E-state index contributed by atoms with van der Waals surface area (Å²) in [7, 11) is 1.85. The van der Waals surface area contributed by atoms with E-state index < -0.39 is 4.92 Å². The van der Waals surface area contributed by atoms with Crippen molar-refractivity contribution in [2.45, 2.75) is 9.79 Å².